The lowest BCUT2D eigenvalue weighted by Crippen LogP contribution is -2.40. The molecule has 1 fully saturated rings. The molecule has 1 saturated carbocycles. The largest absolute Gasteiger partial charge is 0.480 e. The molecule has 3 heteroatoms. The summed E-state index contributed by atoms with van der Waals surface area (Å²) >= 11 is 0. The van der Waals surface area contributed by atoms with Gasteiger partial charge < -0.3 is 10.4 Å². The number of carboxylic acid groups (broad SMARTS) is 1. The van der Waals surface area contributed by atoms with E-state index in [0.717, 1.165) is 31.7 Å². The van der Waals surface area contributed by atoms with Crippen LogP contribution in [-0.2, 0) is 4.79 Å². The normalized spacial score (nSPS) is 26.7. The Labute approximate surface area is 105 Å². The quantitative estimate of drug-likeness (QED) is 0.720. The summed E-state index contributed by atoms with van der Waals surface area (Å²) in [6.07, 6.45) is 7.94. The first-order chi connectivity index (χ1) is 8.13. The van der Waals surface area contributed by atoms with E-state index < -0.39 is 5.97 Å². The molecule has 100 valence electrons. The molecule has 3 nitrogen and oxygen atoms in total. The fourth-order valence-electron chi connectivity index (χ4n) is 2.56. The zero-order valence-corrected chi connectivity index (χ0v) is 11.2. The molecule has 1 aliphatic rings. The molecule has 1 aliphatic carbocycles. The van der Waals surface area contributed by atoms with E-state index >= 15 is 0 Å². The SMILES string of the molecule is CCCCC(NCC1CCC(C)CC1)C(=O)O. The van der Waals surface area contributed by atoms with Crippen LogP contribution in [0.3, 0.4) is 0 Å². The molecule has 2 N–H and O–H groups in total. The molecule has 0 aromatic heterocycles. The molecule has 0 aromatic rings. The predicted octanol–water partition coefficient (Wildman–Crippen LogP) is 3.05. The van der Waals surface area contributed by atoms with E-state index in [9.17, 15) is 4.79 Å². The summed E-state index contributed by atoms with van der Waals surface area (Å²) in [5.41, 5.74) is 0. The number of nitrogens with one attached hydrogen (secondary N) is 1. The van der Waals surface area contributed by atoms with Crippen molar-refractivity contribution in [3.8, 4) is 0 Å². The molecular formula is C14H27NO2. The van der Waals surface area contributed by atoms with Crippen LogP contribution in [0.5, 0.6) is 0 Å². The Kier molecular flexibility index (Phi) is 6.56. The minimum atomic E-state index is -0.692. The fourth-order valence-corrected chi connectivity index (χ4v) is 2.56. The van der Waals surface area contributed by atoms with Crippen molar-refractivity contribution in [2.24, 2.45) is 11.8 Å². The topological polar surface area (TPSA) is 49.3 Å². The second kappa shape index (κ2) is 7.70. The number of aliphatic carboxylic acids is 1. The average Bonchev–Trinajstić information content (AvgIpc) is 2.31. The van der Waals surface area contributed by atoms with E-state index in [4.69, 9.17) is 5.11 Å². The zero-order chi connectivity index (χ0) is 12.7. The van der Waals surface area contributed by atoms with Gasteiger partial charge in [0.05, 0.1) is 0 Å². The Hall–Kier alpha value is -0.570. The molecule has 0 saturated heterocycles. The number of carbonyl (C=O) groups is 1. The minimum absolute atomic E-state index is 0.339. The smallest absolute Gasteiger partial charge is 0.320 e. The van der Waals surface area contributed by atoms with E-state index in [-0.39, 0.29) is 6.04 Å². The van der Waals surface area contributed by atoms with Crippen molar-refractivity contribution in [2.45, 2.75) is 64.8 Å². The van der Waals surface area contributed by atoms with Crippen LogP contribution in [0.2, 0.25) is 0 Å². The van der Waals surface area contributed by atoms with Crippen LogP contribution < -0.4 is 5.32 Å². The van der Waals surface area contributed by atoms with Crippen molar-refractivity contribution in [3.63, 3.8) is 0 Å². The first-order valence-electron chi connectivity index (χ1n) is 7.09. The molecule has 0 aromatic carbocycles. The van der Waals surface area contributed by atoms with Crippen LogP contribution in [-0.4, -0.2) is 23.7 Å². The molecule has 1 atom stereocenters. The average molecular weight is 241 g/mol. The minimum Gasteiger partial charge on any atom is -0.480 e. The number of unbranched alkanes of at least 4 members (excludes halogenated alkanes) is 1. The Balaban J connectivity index is 2.23. The van der Waals surface area contributed by atoms with E-state index in [0.29, 0.717) is 5.92 Å². The third kappa shape index (κ3) is 5.53. The molecule has 0 spiro atoms. The van der Waals surface area contributed by atoms with Gasteiger partial charge in [-0.3, -0.25) is 4.79 Å². The maximum atomic E-state index is 11.1. The second-order valence-electron chi connectivity index (χ2n) is 5.57. The molecule has 0 bridgehead atoms. The highest BCUT2D eigenvalue weighted by molar-refractivity contribution is 5.73. The highest BCUT2D eigenvalue weighted by atomic mass is 16.4. The third-order valence-electron chi connectivity index (χ3n) is 3.93. The molecule has 17 heavy (non-hydrogen) atoms. The van der Waals surface area contributed by atoms with Crippen molar-refractivity contribution in [2.75, 3.05) is 6.54 Å². The van der Waals surface area contributed by atoms with Gasteiger partial charge in [0, 0.05) is 0 Å². The van der Waals surface area contributed by atoms with Gasteiger partial charge in [-0.25, -0.2) is 0 Å². The Bertz CT molecular complexity index is 222. The number of hydrogen-bond donors (Lipinski definition) is 2. The summed E-state index contributed by atoms with van der Waals surface area (Å²) in [5, 5.41) is 12.3. The van der Waals surface area contributed by atoms with Gasteiger partial charge in [-0.1, -0.05) is 39.5 Å². The van der Waals surface area contributed by atoms with E-state index in [2.05, 4.69) is 19.2 Å². The first-order valence-corrected chi connectivity index (χ1v) is 7.09. The molecule has 0 heterocycles. The van der Waals surface area contributed by atoms with Crippen LogP contribution in [0.4, 0.5) is 0 Å². The fraction of sp³-hybridized carbons (Fsp3) is 0.929. The van der Waals surface area contributed by atoms with E-state index in [1.807, 2.05) is 0 Å². The third-order valence-corrected chi connectivity index (χ3v) is 3.93. The first kappa shape index (κ1) is 14.5. The van der Waals surface area contributed by atoms with Gasteiger partial charge in [0.1, 0.15) is 6.04 Å². The molecule has 1 unspecified atom stereocenters. The van der Waals surface area contributed by atoms with Gasteiger partial charge in [-0.05, 0) is 37.6 Å². The van der Waals surface area contributed by atoms with Gasteiger partial charge in [0.15, 0.2) is 0 Å². The number of rotatable bonds is 7. The lowest BCUT2D eigenvalue weighted by Gasteiger charge is -2.27. The Morgan fingerprint density at radius 3 is 2.53 bits per heavy atom. The van der Waals surface area contributed by atoms with Gasteiger partial charge in [-0.15, -0.1) is 0 Å². The molecule has 1 rings (SSSR count). The summed E-state index contributed by atoms with van der Waals surface area (Å²) in [7, 11) is 0. The van der Waals surface area contributed by atoms with E-state index in [1.54, 1.807) is 0 Å². The summed E-state index contributed by atoms with van der Waals surface area (Å²) in [5.74, 6) is 0.860. The maximum absolute atomic E-state index is 11.1. The highest BCUT2D eigenvalue weighted by Gasteiger charge is 2.21. The highest BCUT2D eigenvalue weighted by Crippen LogP contribution is 2.27. The summed E-state index contributed by atoms with van der Waals surface area (Å²) in [6, 6.07) is -0.339. The van der Waals surface area contributed by atoms with Crippen molar-refractivity contribution in [3.05, 3.63) is 0 Å². The lowest BCUT2D eigenvalue weighted by atomic mass is 9.83. The zero-order valence-electron chi connectivity index (χ0n) is 11.2. The number of carboxylic acids is 1. The monoisotopic (exact) mass is 241 g/mol. The van der Waals surface area contributed by atoms with Crippen LogP contribution >= 0.6 is 0 Å². The van der Waals surface area contributed by atoms with Gasteiger partial charge >= 0.3 is 5.97 Å². The second-order valence-corrected chi connectivity index (χ2v) is 5.57. The van der Waals surface area contributed by atoms with Gasteiger partial charge in [0.2, 0.25) is 0 Å². The van der Waals surface area contributed by atoms with Crippen molar-refractivity contribution >= 4 is 5.97 Å². The predicted molar refractivity (Wildman–Crippen MR) is 70.1 cm³/mol. The molecule has 0 radical (unpaired) electrons. The van der Waals surface area contributed by atoms with Crippen LogP contribution in [0, 0.1) is 11.8 Å². The standard InChI is InChI=1S/C14H27NO2/c1-3-4-5-13(14(16)17)15-10-12-8-6-11(2)7-9-12/h11-13,15H,3-10H2,1-2H3,(H,16,17). The van der Waals surface area contributed by atoms with Crippen LogP contribution in [0.25, 0.3) is 0 Å². The van der Waals surface area contributed by atoms with Crippen molar-refractivity contribution in [1.82, 2.24) is 5.32 Å². The summed E-state index contributed by atoms with van der Waals surface area (Å²) < 4.78 is 0. The molecule has 0 amide bonds. The van der Waals surface area contributed by atoms with Gasteiger partial charge in [0.25, 0.3) is 0 Å². The van der Waals surface area contributed by atoms with Crippen molar-refractivity contribution < 1.29 is 9.90 Å². The lowest BCUT2D eigenvalue weighted by molar-refractivity contribution is -0.139. The Morgan fingerprint density at radius 1 is 1.35 bits per heavy atom. The van der Waals surface area contributed by atoms with E-state index in [1.165, 1.54) is 25.7 Å². The molecule has 0 aliphatic heterocycles. The van der Waals surface area contributed by atoms with Crippen molar-refractivity contribution in [1.29, 1.82) is 0 Å². The Morgan fingerprint density at radius 2 is 2.00 bits per heavy atom. The maximum Gasteiger partial charge on any atom is 0.320 e. The van der Waals surface area contributed by atoms with Crippen LogP contribution in [0.15, 0.2) is 0 Å². The number of hydrogen-bond acceptors (Lipinski definition) is 2. The molecular weight excluding hydrogens is 214 g/mol. The summed E-state index contributed by atoms with van der Waals surface area (Å²) in [4.78, 5) is 11.1. The summed E-state index contributed by atoms with van der Waals surface area (Å²) in [6.45, 7) is 5.29. The van der Waals surface area contributed by atoms with Gasteiger partial charge in [-0.2, -0.15) is 0 Å². The van der Waals surface area contributed by atoms with Crippen LogP contribution in [0.1, 0.15) is 58.8 Å².